The van der Waals surface area contributed by atoms with E-state index >= 15 is 0 Å². The highest BCUT2D eigenvalue weighted by Gasteiger charge is 2.29. The Morgan fingerprint density at radius 3 is 3.07 bits per heavy atom. The Labute approximate surface area is 95.6 Å². The number of methoxy groups -OCH3 is 1. The van der Waals surface area contributed by atoms with Gasteiger partial charge >= 0.3 is 0 Å². The van der Waals surface area contributed by atoms with Gasteiger partial charge in [0.2, 0.25) is 0 Å². The molecule has 1 aliphatic carbocycles. The molecular weight excluding hydrogens is 210 g/mol. The van der Waals surface area contributed by atoms with E-state index in [-0.39, 0.29) is 0 Å². The van der Waals surface area contributed by atoms with E-state index < -0.39 is 0 Å². The molecule has 0 bridgehead atoms. The molecule has 1 fully saturated rings. The highest BCUT2D eigenvalue weighted by atomic mass is 35.5. The van der Waals surface area contributed by atoms with E-state index in [0.29, 0.717) is 5.38 Å². The molecule has 1 heterocycles. The van der Waals surface area contributed by atoms with Crippen LogP contribution in [-0.4, -0.2) is 17.5 Å². The van der Waals surface area contributed by atoms with Crippen molar-refractivity contribution in [3.63, 3.8) is 0 Å². The van der Waals surface area contributed by atoms with E-state index in [1.54, 1.807) is 13.3 Å². The van der Waals surface area contributed by atoms with Gasteiger partial charge in [0.05, 0.1) is 12.8 Å². The van der Waals surface area contributed by atoms with E-state index in [4.69, 9.17) is 16.3 Å². The zero-order chi connectivity index (χ0) is 10.7. The van der Waals surface area contributed by atoms with Crippen LogP contribution in [0.2, 0.25) is 0 Å². The minimum Gasteiger partial charge on any atom is -0.495 e. The number of alkyl halides is 1. The Hall–Kier alpha value is -0.760. The Balaban J connectivity index is 1.91. The van der Waals surface area contributed by atoms with Crippen LogP contribution in [0.1, 0.15) is 25.0 Å². The Kier molecular flexibility index (Phi) is 3.47. The number of rotatable bonds is 5. The predicted octanol–water partition coefficient (Wildman–Crippen LogP) is 3.04. The molecule has 0 N–H and O–H groups in total. The minimum atomic E-state index is 0.316. The number of hydrogen-bond acceptors (Lipinski definition) is 2. The molecule has 2 nitrogen and oxygen atoms in total. The second kappa shape index (κ2) is 4.84. The van der Waals surface area contributed by atoms with Crippen molar-refractivity contribution in [3.05, 3.63) is 24.0 Å². The Morgan fingerprint density at radius 1 is 1.60 bits per heavy atom. The molecule has 2 rings (SSSR count). The summed E-state index contributed by atoms with van der Waals surface area (Å²) in [5.74, 6) is 1.62. The first kappa shape index (κ1) is 10.7. The summed E-state index contributed by atoms with van der Waals surface area (Å²) in [5.41, 5.74) is 1.02. The summed E-state index contributed by atoms with van der Waals surface area (Å²) in [6.07, 6.45) is 6.31. The second-order valence-electron chi connectivity index (χ2n) is 4.04. The highest BCUT2D eigenvalue weighted by Crippen LogP contribution is 2.37. The number of nitrogens with zero attached hydrogens (tertiary/aromatic N) is 1. The summed E-state index contributed by atoms with van der Waals surface area (Å²) >= 11 is 6.26. The quantitative estimate of drug-likeness (QED) is 0.719. The van der Waals surface area contributed by atoms with Crippen LogP contribution in [0.5, 0.6) is 5.75 Å². The fraction of sp³-hybridized carbons (Fsp3) is 0.583. The molecule has 1 aromatic heterocycles. The Bertz CT molecular complexity index is 325. The number of aryl methyl sites for hydroxylation is 1. The van der Waals surface area contributed by atoms with E-state index in [9.17, 15) is 0 Å². The van der Waals surface area contributed by atoms with Crippen molar-refractivity contribution in [1.82, 2.24) is 4.98 Å². The highest BCUT2D eigenvalue weighted by molar-refractivity contribution is 6.20. The lowest BCUT2D eigenvalue weighted by Gasteiger charge is -2.09. The van der Waals surface area contributed by atoms with Gasteiger partial charge in [-0.15, -0.1) is 11.6 Å². The van der Waals surface area contributed by atoms with Gasteiger partial charge in [-0.1, -0.05) is 0 Å². The molecule has 15 heavy (non-hydrogen) atoms. The van der Waals surface area contributed by atoms with E-state index in [1.807, 2.05) is 12.1 Å². The maximum atomic E-state index is 6.26. The summed E-state index contributed by atoms with van der Waals surface area (Å²) in [7, 11) is 1.68. The summed E-state index contributed by atoms with van der Waals surface area (Å²) in [5, 5.41) is 0.316. The molecule has 1 unspecified atom stereocenters. The van der Waals surface area contributed by atoms with Crippen molar-refractivity contribution in [2.24, 2.45) is 5.92 Å². The maximum Gasteiger partial charge on any atom is 0.140 e. The molecule has 0 saturated heterocycles. The fourth-order valence-electron chi connectivity index (χ4n) is 1.77. The molecule has 0 aromatic carbocycles. The van der Waals surface area contributed by atoms with Crippen molar-refractivity contribution in [2.45, 2.75) is 31.1 Å². The van der Waals surface area contributed by atoms with Crippen LogP contribution >= 0.6 is 11.6 Å². The molecule has 0 amide bonds. The third kappa shape index (κ3) is 2.85. The number of aromatic nitrogens is 1. The van der Waals surface area contributed by atoms with Crippen molar-refractivity contribution in [2.75, 3.05) is 7.11 Å². The molecule has 1 saturated carbocycles. The number of halogens is 1. The first-order valence-corrected chi connectivity index (χ1v) is 5.87. The first-order valence-electron chi connectivity index (χ1n) is 5.43. The average Bonchev–Trinajstić information content (AvgIpc) is 3.10. The minimum absolute atomic E-state index is 0.316. The van der Waals surface area contributed by atoms with Gasteiger partial charge in [-0.2, -0.15) is 0 Å². The monoisotopic (exact) mass is 225 g/mol. The van der Waals surface area contributed by atoms with Gasteiger partial charge in [0, 0.05) is 11.6 Å². The van der Waals surface area contributed by atoms with Crippen LogP contribution in [-0.2, 0) is 6.42 Å². The maximum absolute atomic E-state index is 6.26. The normalized spacial score (nSPS) is 17.5. The summed E-state index contributed by atoms with van der Waals surface area (Å²) in [4.78, 5) is 4.32. The van der Waals surface area contributed by atoms with Crippen LogP contribution in [0.15, 0.2) is 18.3 Å². The lowest BCUT2D eigenvalue weighted by Crippen LogP contribution is -2.05. The van der Waals surface area contributed by atoms with Crippen molar-refractivity contribution in [1.29, 1.82) is 0 Å². The molecule has 0 radical (unpaired) electrons. The van der Waals surface area contributed by atoms with Gasteiger partial charge in [-0.25, -0.2) is 0 Å². The molecular formula is C12H16ClNO. The van der Waals surface area contributed by atoms with Crippen molar-refractivity contribution >= 4 is 11.6 Å². The molecule has 1 aromatic rings. The van der Waals surface area contributed by atoms with E-state index in [1.165, 1.54) is 12.8 Å². The number of hydrogen-bond donors (Lipinski definition) is 0. The van der Waals surface area contributed by atoms with Crippen LogP contribution < -0.4 is 4.74 Å². The fourth-order valence-corrected chi connectivity index (χ4v) is 2.13. The zero-order valence-corrected chi connectivity index (χ0v) is 9.70. The number of pyridine rings is 1. The van der Waals surface area contributed by atoms with Gasteiger partial charge < -0.3 is 4.74 Å². The van der Waals surface area contributed by atoms with Gasteiger partial charge in [0.15, 0.2) is 0 Å². The lowest BCUT2D eigenvalue weighted by molar-refractivity contribution is 0.405. The van der Waals surface area contributed by atoms with Crippen molar-refractivity contribution < 1.29 is 4.74 Å². The zero-order valence-electron chi connectivity index (χ0n) is 8.95. The van der Waals surface area contributed by atoms with Gasteiger partial charge in [0.1, 0.15) is 5.75 Å². The third-order valence-electron chi connectivity index (χ3n) is 2.86. The van der Waals surface area contributed by atoms with Gasteiger partial charge in [-0.05, 0) is 43.7 Å². The molecule has 1 atom stereocenters. The Morgan fingerprint density at radius 2 is 2.40 bits per heavy atom. The largest absolute Gasteiger partial charge is 0.495 e. The number of ether oxygens (including phenoxy) is 1. The molecule has 82 valence electrons. The summed E-state index contributed by atoms with van der Waals surface area (Å²) < 4.78 is 5.25. The van der Waals surface area contributed by atoms with E-state index in [2.05, 4.69) is 4.98 Å². The molecule has 1 aliphatic rings. The smallest absolute Gasteiger partial charge is 0.140 e. The SMILES string of the molecule is COc1cccnc1CCC(Cl)C1CC1. The van der Waals surface area contributed by atoms with Crippen molar-refractivity contribution in [3.8, 4) is 5.75 Å². The third-order valence-corrected chi connectivity index (χ3v) is 3.43. The predicted molar refractivity (Wildman–Crippen MR) is 61.5 cm³/mol. The van der Waals surface area contributed by atoms with Crippen LogP contribution in [0.4, 0.5) is 0 Å². The first-order chi connectivity index (χ1) is 7.31. The standard InChI is InChI=1S/C12H16ClNO/c1-15-12-3-2-8-14-11(12)7-6-10(13)9-4-5-9/h2-3,8-10H,4-7H2,1H3. The van der Waals surface area contributed by atoms with Crippen LogP contribution in [0, 0.1) is 5.92 Å². The summed E-state index contributed by atoms with van der Waals surface area (Å²) in [6.45, 7) is 0. The van der Waals surface area contributed by atoms with E-state index in [0.717, 1.165) is 30.2 Å². The van der Waals surface area contributed by atoms with Gasteiger partial charge in [-0.3, -0.25) is 4.98 Å². The lowest BCUT2D eigenvalue weighted by atomic mass is 10.1. The molecule has 0 aliphatic heterocycles. The molecule has 3 heteroatoms. The molecule has 0 spiro atoms. The average molecular weight is 226 g/mol. The topological polar surface area (TPSA) is 22.1 Å². The van der Waals surface area contributed by atoms with Gasteiger partial charge in [0.25, 0.3) is 0 Å². The second-order valence-corrected chi connectivity index (χ2v) is 4.61. The van der Waals surface area contributed by atoms with Crippen LogP contribution in [0.25, 0.3) is 0 Å². The van der Waals surface area contributed by atoms with Crippen LogP contribution in [0.3, 0.4) is 0 Å². The summed E-state index contributed by atoms with van der Waals surface area (Å²) in [6, 6.07) is 3.84.